The normalized spacial score (nSPS) is 10.5. The van der Waals surface area contributed by atoms with E-state index in [1.807, 2.05) is 6.92 Å². The van der Waals surface area contributed by atoms with Crippen molar-refractivity contribution in [2.45, 2.75) is 6.92 Å². The molecule has 0 spiro atoms. The fourth-order valence-corrected chi connectivity index (χ4v) is 1.96. The van der Waals surface area contributed by atoms with Crippen molar-refractivity contribution in [3.05, 3.63) is 66.0 Å². The van der Waals surface area contributed by atoms with Crippen molar-refractivity contribution in [1.82, 2.24) is 0 Å². The van der Waals surface area contributed by atoms with E-state index in [1.165, 1.54) is 24.3 Å². The highest BCUT2D eigenvalue weighted by Gasteiger charge is 2.06. The minimum Gasteiger partial charge on any atom is -0.494 e. The van der Waals surface area contributed by atoms with Crippen molar-refractivity contribution < 1.29 is 23.5 Å². The molecule has 1 amide bonds. The third kappa shape index (κ3) is 6.47. The molecule has 0 aliphatic heterocycles. The molecule has 6 heteroatoms. The van der Waals surface area contributed by atoms with Crippen LogP contribution in [-0.2, 0) is 14.3 Å². The van der Waals surface area contributed by atoms with Crippen LogP contribution in [0.4, 0.5) is 10.1 Å². The smallest absolute Gasteiger partial charge is 0.331 e. The standard InChI is InChI=1S/C19H18FNO4/c1-2-24-17-9-7-16(8-10-17)21-18(22)13-25-19(23)11-6-14-4-3-5-15(20)12-14/h3-12H,2,13H2,1H3,(H,21,22)/b11-6+. The molecule has 5 nitrogen and oxygen atoms in total. The lowest BCUT2D eigenvalue weighted by atomic mass is 10.2. The Kier molecular flexibility index (Phi) is 6.71. The average Bonchev–Trinajstić information content (AvgIpc) is 2.60. The molecule has 0 atom stereocenters. The lowest BCUT2D eigenvalue weighted by Crippen LogP contribution is -2.20. The van der Waals surface area contributed by atoms with Crippen LogP contribution in [0.3, 0.4) is 0 Å². The Morgan fingerprint density at radius 2 is 1.92 bits per heavy atom. The minimum absolute atomic E-state index is 0.398. The number of hydrogen-bond donors (Lipinski definition) is 1. The van der Waals surface area contributed by atoms with Crippen LogP contribution < -0.4 is 10.1 Å². The molecule has 25 heavy (non-hydrogen) atoms. The second-order valence-electron chi connectivity index (χ2n) is 5.00. The van der Waals surface area contributed by atoms with E-state index < -0.39 is 24.3 Å². The van der Waals surface area contributed by atoms with E-state index in [1.54, 1.807) is 30.3 Å². The van der Waals surface area contributed by atoms with Crippen LogP contribution in [0.1, 0.15) is 12.5 Å². The van der Waals surface area contributed by atoms with Crippen molar-refractivity contribution in [2.24, 2.45) is 0 Å². The SMILES string of the molecule is CCOc1ccc(NC(=O)COC(=O)/C=C/c2cccc(F)c2)cc1. The Labute approximate surface area is 145 Å². The van der Waals surface area contributed by atoms with Gasteiger partial charge in [-0.15, -0.1) is 0 Å². The first-order valence-corrected chi connectivity index (χ1v) is 7.70. The van der Waals surface area contributed by atoms with Gasteiger partial charge in [0.05, 0.1) is 6.61 Å². The fraction of sp³-hybridized carbons (Fsp3) is 0.158. The first-order valence-electron chi connectivity index (χ1n) is 7.70. The van der Waals surface area contributed by atoms with Gasteiger partial charge in [-0.1, -0.05) is 12.1 Å². The van der Waals surface area contributed by atoms with Gasteiger partial charge in [0, 0.05) is 11.8 Å². The van der Waals surface area contributed by atoms with Crippen molar-refractivity contribution in [3.8, 4) is 5.75 Å². The van der Waals surface area contributed by atoms with Gasteiger partial charge in [0.2, 0.25) is 0 Å². The molecule has 0 radical (unpaired) electrons. The molecule has 0 saturated carbocycles. The highest BCUT2D eigenvalue weighted by molar-refractivity contribution is 5.94. The average molecular weight is 343 g/mol. The number of carbonyl (C=O) groups is 2. The summed E-state index contributed by atoms with van der Waals surface area (Å²) < 4.78 is 23.1. The highest BCUT2D eigenvalue weighted by Crippen LogP contribution is 2.15. The van der Waals surface area contributed by atoms with E-state index in [-0.39, 0.29) is 0 Å². The molecule has 0 aliphatic carbocycles. The number of hydrogen-bond acceptors (Lipinski definition) is 4. The molecule has 0 saturated heterocycles. The van der Waals surface area contributed by atoms with Crippen molar-refractivity contribution in [2.75, 3.05) is 18.5 Å². The Morgan fingerprint density at radius 1 is 1.16 bits per heavy atom. The summed E-state index contributed by atoms with van der Waals surface area (Å²) >= 11 is 0. The van der Waals surface area contributed by atoms with Crippen LogP contribution in [0.5, 0.6) is 5.75 Å². The van der Waals surface area contributed by atoms with E-state index in [2.05, 4.69) is 5.32 Å². The number of rotatable bonds is 7. The monoisotopic (exact) mass is 343 g/mol. The third-order valence-electron chi connectivity index (χ3n) is 3.06. The fourth-order valence-electron chi connectivity index (χ4n) is 1.96. The molecule has 0 fully saturated rings. The number of ether oxygens (including phenoxy) is 2. The van der Waals surface area contributed by atoms with E-state index in [4.69, 9.17) is 9.47 Å². The van der Waals surface area contributed by atoms with Crippen LogP contribution in [-0.4, -0.2) is 25.1 Å². The molecule has 0 bridgehead atoms. The summed E-state index contributed by atoms with van der Waals surface area (Å²) in [4.78, 5) is 23.3. The van der Waals surface area contributed by atoms with Crippen LogP contribution >= 0.6 is 0 Å². The summed E-state index contributed by atoms with van der Waals surface area (Å²) in [5.74, 6) is -0.845. The number of nitrogens with one attached hydrogen (secondary N) is 1. The molecule has 2 aromatic rings. The van der Waals surface area contributed by atoms with Gasteiger partial charge >= 0.3 is 5.97 Å². The number of benzene rings is 2. The molecular weight excluding hydrogens is 325 g/mol. The van der Waals surface area contributed by atoms with E-state index in [0.717, 1.165) is 6.08 Å². The first kappa shape index (κ1) is 18.2. The van der Waals surface area contributed by atoms with Crippen LogP contribution in [0.15, 0.2) is 54.6 Å². The molecule has 0 aromatic heterocycles. The van der Waals surface area contributed by atoms with Crippen molar-refractivity contribution >= 4 is 23.6 Å². The molecular formula is C19H18FNO4. The maximum atomic E-state index is 13.0. The summed E-state index contributed by atoms with van der Waals surface area (Å²) in [5.41, 5.74) is 1.09. The summed E-state index contributed by atoms with van der Waals surface area (Å²) in [6.45, 7) is 2.02. The molecule has 0 unspecified atom stereocenters. The number of esters is 1. The maximum absolute atomic E-state index is 13.0. The third-order valence-corrected chi connectivity index (χ3v) is 3.06. The second kappa shape index (κ2) is 9.22. The van der Waals surface area contributed by atoms with Gasteiger partial charge in [0.1, 0.15) is 11.6 Å². The number of halogens is 1. The minimum atomic E-state index is -0.689. The van der Waals surface area contributed by atoms with Gasteiger partial charge in [-0.05, 0) is 55.0 Å². The second-order valence-corrected chi connectivity index (χ2v) is 5.00. The Morgan fingerprint density at radius 3 is 2.60 bits per heavy atom. The molecule has 2 aromatic carbocycles. The summed E-state index contributed by atoms with van der Waals surface area (Å²) in [7, 11) is 0. The zero-order valence-electron chi connectivity index (χ0n) is 13.7. The predicted octanol–water partition coefficient (Wildman–Crippen LogP) is 3.42. The zero-order valence-corrected chi connectivity index (χ0v) is 13.7. The molecule has 130 valence electrons. The van der Waals surface area contributed by atoms with Crippen LogP contribution in [0.25, 0.3) is 6.08 Å². The summed E-state index contributed by atoms with van der Waals surface area (Å²) in [5, 5.41) is 2.60. The van der Waals surface area contributed by atoms with E-state index in [9.17, 15) is 14.0 Å². The zero-order chi connectivity index (χ0) is 18.1. The Hall–Kier alpha value is -3.15. The largest absolute Gasteiger partial charge is 0.494 e. The summed E-state index contributed by atoms with van der Waals surface area (Å²) in [6.07, 6.45) is 2.55. The molecule has 0 heterocycles. The van der Waals surface area contributed by atoms with E-state index >= 15 is 0 Å². The number of carbonyl (C=O) groups excluding carboxylic acids is 2. The topological polar surface area (TPSA) is 64.6 Å². The first-order chi connectivity index (χ1) is 12.1. The lowest BCUT2D eigenvalue weighted by Gasteiger charge is -2.07. The highest BCUT2D eigenvalue weighted by atomic mass is 19.1. The maximum Gasteiger partial charge on any atom is 0.331 e. The van der Waals surface area contributed by atoms with Gasteiger partial charge in [0.15, 0.2) is 6.61 Å². The van der Waals surface area contributed by atoms with Gasteiger partial charge in [-0.2, -0.15) is 0 Å². The van der Waals surface area contributed by atoms with Gasteiger partial charge in [-0.25, -0.2) is 9.18 Å². The van der Waals surface area contributed by atoms with Gasteiger partial charge in [0.25, 0.3) is 5.91 Å². The van der Waals surface area contributed by atoms with Crippen LogP contribution in [0, 0.1) is 5.82 Å². The molecule has 1 N–H and O–H groups in total. The Bertz CT molecular complexity index is 756. The molecule has 2 rings (SSSR count). The van der Waals surface area contributed by atoms with Gasteiger partial charge in [-0.3, -0.25) is 4.79 Å². The quantitative estimate of drug-likeness (QED) is 0.618. The van der Waals surface area contributed by atoms with E-state index in [0.29, 0.717) is 23.6 Å². The Balaban J connectivity index is 1.78. The predicted molar refractivity (Wildman–Crippen MR) is 92.6 cm³/mol. The number of amides is 1. The number of anilines is 1. The van der Waals surface area contributed by atoms with Crippen molar-refractivity contribution in [3.63, 3.8) is 0 Å². The van der Waals surface area contributed by atoms with Crippen molar-refractivity contribution in [1.29, 1.82) is 0 Å². The summed E-state index contributed by atoms with van der Waals surface area (Å²) in [6, 6.07) is 12.6. The van der Waals surface area contributed by atoms with Gasteiger partial charge < -0.3 is 14.8 Å². The van der Waals surface area contributed by atoms with Crippen LogP contribution in [0.2, 0.25) is 0 Å². The lowest BCUT2D eigenvalue weighted by molar-refractivity contribution is -0.142. The molecule has 0 aliphatic rings.